The SMILES string of the molecule is Cn1cc(Br)c(-c2cccc(NC(=O)Oc3ccc(OC(F)(F)F)cc3)c2)n1. The van der Waals surface area contributed by atoms with E-state index in [0.717, 1.165) is 22.2 Å². The number of nitrogens with zero attached hydrogens (tertiary/aromatic N) is 2. The van der Waals surface area contributed by atoms with Crippen LogP contribution in [0.15, 0.2) is 59.2 Å². The Morgan fingerprint density at radius 3 is 2.43 bits per heavy atom. The maximum absolute atomic E-state index is 12.1. The van der Waals surface area contributed by atoms with Crippen molar-refractivity contribution in [2.24, 2.45) is 7.05 Å². The highest BCUT2D eigenvalue weighted by Crippen LogP contribution is 2.28. The molecule has 0 fully saturated rings. The van der Waals surface area contributed by atoms with Gasteiger partial charge in [-0.3, -0.25) is 10.00 Å². The Hall–Kier alpha value is -3.01. The number of amides is 1. The van der Waals surface area contributed by atoms with Crippen molar-refractivity contribution in [3.63, 3.8) is 0 Å². The number of halogens is 4. The second-order valence-electron chi connectivity index (χ2n) is 5.61. The summed E-state index contributed by atoms with van der Waals surface area (Å²) in [6.07, 6.45) is -3.77. The third kappa shape index (κ3) is 5.26. The van der Waals surface area contributed by atoms with Crippen molar-refractivity contribution < 1.29 is 27.4 Å². The molecule has 0 atom stereocenters. The lowest BCUT2D eigenvalue weighted by Gasteiger charge is -2.10. The highest BCUT2D eigenvalue weighted by Gasteiger charge is 2.31. The Morgan fingerprint density at radius 2 is 1.82 bits per heavy atom. The average molecular weight is 456 g/mol. The standard InChI is InChI=1S/C18H13BrF3N3O3/c1-25-10-15(19)16(24-25)11-3-2-4-12(9-11)23-17(26)27-13-5-7-14(8-6-13)28-18(20,21)22/h2-10H,1H3,(H,23,26). The zero-order valence-corrected chi connectivity index (χ0v) is 15.9. The molecule has 3 aromatic rings. The number of nitrogens with one attached hydrogen (secondary N) is 1. The fourth-order valence-corrected chi connectivity index (χ4v) is 2.96. The van der Waals surface area contributed by atoms with Crippen LogP contribution in [0, 0.1) is 0 Å². The minimum Gasteiger partial charge on any atom is -0.410 e. The maximum Gasteiger partial charge on any atom is 0.573 e. The smallest absolute Gasteiger partial charge is 0.410 e. The van der Waals surface area contributed by atoms with Gasteiger partial charge in [0.1, 0.15) is 17.2 Å². The largest absolute Gasteiger partial charge is 0.573 e. The van der Waals surface area contributed by atoms with Crippen molar-refractivity contribution in [2.45, 2.75) is 6.36 Å². The summed E-state index contributed by atoms with van der Waals surface area (Å²) in [4.78, 5) is 12.0. The summed E-state index contributed by atoms with van der Waals surface area (Å²) in [5, 5.41) is 6.89. The number of carbonyl (C=O) groups excluding carboxylic acids is 1. The van der Waals surface area contributed by atoms with Crippen LogP contribution in [-0.2, 0) is 7.05 Å². The number of ether oxygens (including phenoxy) is 2. The highest BCUT2D eigenvalue weighted by molar-refractivity contribution is 9.10. The Labute approximate surface area is 166 Å². The van der Waals surface area contributed by atoms with Crippen LogP contribution in [0.3, 0.4) is 0 Å². The normalized spacial score (nSPS) is 11.2. The van der Waals surface area contributed by atoms with Gasteiger partial charge in [0, 0.05) is 24.5 Å². The molecule has 1 aromatic heterocycles. The molecule has 0 spiro atoms. The van der Waals surface area contributed by atoms with E-state index in [1.165, 1.54) is 12.1 Å². The first-order valence-corrected chi connectivity index (χ1v) is 8.63. The molecule has 0 radical (unpaired) electrons. The third-order valence-corrected chi connectivity index (χ3v) is 4.01. The van der Waals surface area contributed by atoms with Gasteiger partial charge in [-0.25, -0.2) is 4.79 Å². The molecular weight excluding hydrogens is 443 g/mol. The number of hydrogen-bond acceptors (Lipinski definition) is 4. The molecule has 0 bridgehead atoms. The fraction of sp³-hybridized carbons (Fsp3) is 0.111. The molecule has 146 valence electrons. The molecule has 28 heavy (non-hydrogen) atoms. The number of alkyl halides is 3. The Kier molecular flexibility index (Phi) is 5.59. The number of carbonyl (C=O) groups is 1. The lowest BCUT2D eigenvalue weighted by atomic mass is 10.1. The maximum atomic E-state index is 12.1. The van der Waals surface area contributed by atoms with Gasteiger partial charge in [-0.2, -0.15) is 5.10 Å². The molecule has 1 heterocycles. The van der Waals surface area contributed by atoms with E-state index in [2.05, 4.69) is 31.1 Å². The van der Waals surface area contributed by atoms with Crippen molar-refractivity contribution in [3.05, 3.63) is 59.2 Å². The lowest BCUT2D eigenvalue weighted by molar-refractivity contribution is -0.274. The van der Waals surface area contributed by atoms with Gasteiger partial charge in [-0.15, -0.1) is 13.2 Å². The van der Waals surface area contributed by atoms with Crippen molar-refractivity contribution in [1.82, 2.24) is 9.78 Å². The predicted octanol–water partition coefficient (Wildman–Crippen LogP) is 5.36. The first-order valence-electron chi connectivity index (χ1n) is 7.84. The van der Waals surface area contributed by atoms with E-state index >= 15 is 0 Å². The Bertz CT molecular complexity index is 988. The van der Waals surface area contributed by atoms with Crippen molar-refractivity contribution in [2.75, 3.05) is 5.32 Å². The average Bonchev–Trinajstić information content (AvgIpc) is 2.94. The summed E-state index contributed by atoms with van der Waals surface area (Å²) in [5.74, 6) is -0.343. The van der Waals surface area contributed by atoms with Crippen LogP contribution in [-0.4, -0.2) is 22.2 Å². The summed E-state index contributed by atoms with van der Waals surface area (Å²) in [5.41, 5.74) is 1.95. The van der Waals surface area contributed by atoms with Crippen LogP contribution in [0.1, 0.15) is 0 Å². The van der Waals surface area contributed by atoms with Crippen LogP contribution in [0.4, 0.5) is 23.7 Å². The van der Waals surface area contributed by atoms with Crippen LogP contribution in [0.5, 0.6) is 11.5 Å². The second-order valence-corrected chi connectivity index (χ2v) is 6.47. The lowest BCUT2D eigenvalue weighted by Crippen LogP contribution is -2.18. The van der Waals surface area contributed by atoms with E-state index in [-0.39, 0.29) is 5.75 Å². The number of rotatable bonds is 4. The summed E-state index contributed by atoms with van der Waals surface area (Å²) in [7, 11) is 1.79. The quantitative estimate of drug-likeness (QED) is 0.575. The monoisotopic (exact) mass is 455 g/mol. The number of aryl methyl sites for hydroxylation is 1. The van der Waals surface area contributed by atoms with Gasteiger partial charge in [0.2, 0.25) is 0 Å². The molecule has 3 rings (SSSR count). The fourth-order valence-electron chi connectivity index (χ4n) is 2.36. The van der Waals surface area contributed by atoms with E-state index in [1.54, 1.807) is 36.1 Å². The molecule has 0 saturated carbocycles. The van der Waals surface area contributed by atoms with E-state index in [1.807, 2.05) is 6.07 Å². The third-order valence-electron chi connectivity index (χ3n) is 3.43. The van der Waals surface area contributed by atoms with E-state index in [4.69, 9.17) is 4.74 Å². The molecule has 0 unspecified atom stereocenters. The molecule has 0 aliphatic heterocycles. The first kappa shape index (κ1) is 19.7. The van der Waals surface area contributed by atoms with E-state index < -0.39 is 18.2 Å². The summed E-state index contributed by atoms with van der Waals surface area (Å²) in [6, 6.07) is 11.5. The Morgan fingerprint density at radius 1 is 1.14 bits per heavy atom. The molecule has 2 aromatic carbocycles. The van der Waals surface area contributed by atoms with Gasteiger partial charge >= 0.3 is 12.5 Å². The molecular formula is C18H13BrF3N3O3. The molecule has 0 aliphatic carbocycles. The van der Waals surface area contributed by atoms with Gasteiger partial charge < -0.3 is 9.47 Å². The van der Waals surface area contributed by atoms with Crippen LogP contribution < -0.4 is 14.8 Å². The van der Waals surface area contributed by atoms with Crippen LogP contribution in [0.2, 0.25) is 0 Å². The number of benzene rings is 2. The molecule has 10 heteroatoms. The predicted molar refractivity (Wildman–Crippen MR) is 99.1 cm³/mol. The van der Waals surface area contributed by atoms with Gasteiger partial charge in [-0.1, -0.05) is 12.1 Å². The first-order chi connectivity index (χ1) is 13.2. The molecule has 0 aliphatic rings. The molecule has 1 N–H and O–H groups in total. The van der Waals surface area contributed by atoms with Crippen molar-refractivity contribution in [3.8, 4) is 22.8 Å². The van der Waals surface area contributed by atoms with Gasteiger partial charge in [-0.05, 0) is 52.3 Å². The minimum atomic E-state index is -4.78. The van der Waals surface area contributed by atoms with Gasteiger partial charge in [0.25, 0.3) is 0 Å². The van der Waals surface area contributed by atoms with E-state index in [0.29, 0.717) is 11.4 Å². The summed E-state index contributed by atoms with van der Waals surface area (Å²) in [6.45, 7) is 0. The molecule has 6 nitrogen and oxygen atoms in total. The summed E-state index contributed by atoms with van der Waals surface area (Å²) < 4.78 is 47.7. The molecule has 1 amide bonds. The van der Waals surface area contributed by atoms with Crippen molar-refractivity contribution in [1.29, 1.82) is 0 Å². The van der Waals surface area contributed by atoms with Crippen LogP contribution >= 0.6 is 15.9 Å². The zero-order valence-electron chi connectivity index (χ0n) is 14.3. The number of aromatic nitrogens is 2. The number of anilines is 1. The zero-order chi connectivity index (χ0) is 20.3. The second kappa shape index (κ2) is 7.93. The topological polar surface area (TPSA) is 65.4 Å². The number of hydrogen-bond donors (Lipinski definition) is 1. The van der Waals surface area contributed by atoms with Gasteiger partial charge in [0.05, 0.1) is 4.47 Å². The molecule has 0 saturated heterocycles. The van der Waals surface area contributed by atoms with Crippen LogP contribution in [0.25, 0.3) is 11.3 Å². The Balaban J connectivity index is 1.65. The summed E-state index contributed by atoms with van der Waals surface area (Å²) >= 11 is 3.42. The highest BCUT2D eigenvalue weighted by atomic mass is 79.9. The van der Waals surface area contributed by atoms with Gasteiger partial charge in [0.15, 0.2) is 0 Å². The minimum absolute atomic E-state index is 0.0654. The van der Waals surface area contributed by atoms with E-state index in [9.17, 15) is 18.0 Å². The van der Waals surface area contributed by atoms with Crippen molar-refractivity contribution >= 4 is 27.7 Å².